The predicted octanol–water partition coefficient (Wildman–Crippen LogP) is 17.7. The third-order valence-corrected chi connectivity index (χ3v) is 10.8. The quantitative estimate of drug-likeness (QED) is 0.0199. The minimum Gasteiger partial charge on any atom is -0.462 e. The highest BCUT2D eigenvalue weighted by molar-refractivity contribution is 5.71. The van der Waals surface area contributed by atoms with Crippen molar-refractivity contribution in [3.05, 3.63) is 122 Å². The Kier molecular flexibility index (Phi) is 50.0. The second kappa shape index (κ2) is 53.4. The first-order valence-electron chi connectivity index (χ1n) is 26.6. The zero-order valence-corrected chi connectivity index (χ0v) is 42.4. The molecule has 1 unspecified atom stereocenters. The maximum Gasteiger partial charge on any atom is 0.306 e. The van der Waals surface area contributed by atoms with Crippen molar-refractivity contribution in [3.63, 3.8) is 0 Å². The number of carbonyl (C=O) groups is 3. The van der Waals surface area contributed by atoms with Crippen LogP contribution in [-0.2, 0) is 28.6 Å². The fourth-order valence-electron chi connectivity index (χ4n) is 6.82. The summed E-state index contributed by atoms with van der Waals surface area (Å²) in [5.41, 5.74) is 0. The molecule has 0 aliphatic carbocycles. The van der Waals surface area contributed by atoms with Gasteiger partial charge < -0.3 is 14.2 Å². The summed E-state index contributed by atoms with van der Waals surface area (Å²) in [4.78, 5) is 38.0. The van der Waals surface area contributed by atoms with Crippen LogP contribution in [-0.4, -0.2) is 37.2 Å². The van der Waals surface area contributed by atoms with Crippen molar-refractivity contribution in [1.82, 2.24) is 0 Å². The molecule has 0 N–H and O–H groups in total. The van der Waals surface area contributed by atoms with Crippen molar-refractivity contribution in [2.45, 2.75) is 226 Å². The Labute approximate surface area is 405 Å². The zero-order valence-electron chi connectivity index (χ0n) is 42.4. The van der Waals surface area contributed by atoms with Crippen LogP contribution in [0.25, 0.3) is 0 Å². The van der Waals surface area contributed by atoms with Gasteiger partial charge in [-0.2, -0.15) is 0 Å². The molecule has 0 fully saturated rings. The van der Waals surface area contributed by atoms with Crippen LogP contribution in [0.1, 0.15) is 220 Å². The van der Waals surface area contributed by atoms with Gasteiger partial charge in [0.2, 0.25) is 0 Å². The molecule has 0 radical (unpaired) electrons. The molecule has 0 aromatic heterocycles. The Bertz CT molecular complexity index is 1420. The first kappa shape index (κ1) is 61.8. The number of hydrogen-bond acceptors (Lipinski definition) is 6. The summed E-state index contributed by atoms with van der Waals surface area (Å²) in [7, 11) is 0. The van der Waals surface area contributed by atoms with Gasteiger partial charge in [-0.15, -0.1) is 0 Å². The SMILES string of the molecule is CC/C=C/C=C/C=C/CCCCCCCC(=O)OCC(COC(=O)CCCCCCC/C=C/C=C/C=C/C=C/CCCCC)OC(=O)CCC/C=C/C/C=C/C/C=C/CCCCCCCC. The van der Waals surface area contributed by atoms with Gasteiger partial charge in [0.1, 0.15) is 13.2 Å². The van der Waals surface area contributed by atoms with Crippen molar-refractivity contribution >= 4 is 17.9 Å². The molecule has 0 heterocycles. The van der Waals surface area contributed by atoms with E-state index in [9.17, 15) is 14.4 Å². The first-order chi connectivity index (χ1) is 32.5. The topological polar surface area (TPSA) is 78.9 Å². The summed E-state index contributed by atoms with van der Waals surface area (Å²) in [6.07, 6.45) is 73.3. The van der Waals surface area contributed by atoms with Gasteiger partial charge in [-0.1, -0.05) is 226 Å². The molecule has 0 rings (SSSR count). The molecule has 372 valence electrons. The van der Waals surface area contributed by atoms with Crippen LogP contribution >= 0.6 is 0 Å². The van der Waals surface area contributed by atoms with Gasteiger partial charge >= 0.3 is 17.9 Å². The van der Waals surface area contributed by atoms with Crippen LogP contribution in [0.2, 0.25) is 0 Å². The molecule has 6 heteroatoms. The Morgan fingerprint density at radius 1 is 0.333 bits per heavy atom. The highest BCUT2D eigenvalue weighted by atomic mass is 16.6. The lowest BCUT2D eigenvalue weighted by Crippen LogP contribution is -2.30. The Hall–Kier alpha value is -4.19. The van der Waals surface area contributed by atoms with Gasteiger partial charge in [0.05, 0.1) is 0 Å². The second-order valence-electron chi connectivity index (χ2n) is 17.2. The maximum atomic E-state index is 12.8. The van der Waals surface area contributed by atoms with E-state index in [4.69, 9.17) is 14.2 Å². The van der Waals surface area contributed by atoms with Crippen LogP contribution in [0.4, 0.5) is 0 Å². The van der Waals surface area contributed by atoms with E-state index in [1.54, 1.807) is 0 Å². The largest absolute Gasteiger partial charge is 0.462 e. The lowest BCUT2D eigenvalue weighted by atomic mass is 10.1. The minimum absolute atomic E-state index is 0.120. The monoisotopic (exact) mass is 913 g/mol. The highest BCUT2D eigenvalue weighted by Gasteiger charge is 2.19. The Morgan fingerprint density at radius 3 is 1.14 bits per heavy atom. The summed E-state index contributed by atoms with van der Waals surface area (Å²) < 4.78 is 16.7. The fourth-order valence-corrected chi connectivity index (χ4v) is 6.82. The second-order valence-corrected chi connectivity index (χ2v) is 17.2. The lowest BCUT2D eigenvalue weighted by molar-refractivity contribution is -0.167. The van der Waals surface area contributed by atoms with Crippen LogP contribution in [0.15, 0.2) is 122 Å². The van der Waals surface area contributed by atoms with Gasteiger partial charge in [0, 0.05) is 19.3 Å². The summed E-state index contributed by atoms with van der Waals surface area (Å²) in [5, 5.41) is 0. The third kappa shape index (κ3) is 50.8. The van der Waals surface area contributed by atoms with E-state index in [1.165, 1.54) is 64.2 Å². The molecule has 0 aromatic carbocycles. The third-order valence-electron chi connectivity index (χ3n) is 10.8. The molecule has 0 saturated carbocycles. The van der Waals surface area contributed by atoms with E-state index in [0.29, 0.717) is 19.3 Å². The Morgan fingerprint density at radius 2 is 0.667 bits per heavy atom. The normalized spacial score (nSPS) is 13.1. The average Bonchev–Trinajstić information content (AvgIpc) is 3.31. The van der Waals surface area contributed by atoms with E-state index < -0.39 is 6.10 Å². The van der Waals surface area contributed by atoms with E-state index in [1.807, 2.05) is 6.08 Å². The molecule has 0 saturated heterocycles. The van der Waals surface area contributed by atoms with Gasteiger partial charge in [-0.3, -0.25) is 14.4 Å². The van der Waals surface area contributed by atoms with Crippen LogP contribution < -0.4 is 0 Å². The average molecular weight is 913 g/mol. The lowest BCUT2D eigenvalue weighted by Gasteiger charge is -2.18. The molecular weight excluding hydrogens is 817 g/mol. The number of hydrogen-bond donors (Lipinski definition) is 0. The number of allylic oxidation sites excluding steroid dienone is 20. The predicted molar refractivity (Wildman–Crippen MR) is 283 cm³/mol. The van der Waals surface area contributed by atoms with E-state index in [2.05, 4.69) is 136 Å². The van der Waals surface area contributed by atoms with Crippen molar-refractivity contribution < 1.29 is 28.6 Å². The molecule has 0 aliphatic rings. The molecule has 0 aliphatic heterocycles. The summed E-state index contributed by atoms with van der Waals surface area (Å²) >= 11 is 0. The molecule has 1 atom stereocenters. The minimum atomic E-state index is -0.826. The summed E-state index contributed by atoms with van der Waals surface area (Å²) in [5.74, 6) is -1.02. The number of carbonyl (C=O) groups excluding carboxylic acids is 3. The van der Waals surface area contributed by atoms with E-state index >= 15 is 0 Å². The fraction of sp³-hybridized carbons (Fsp3) is 0.617. The van der Waals surface area contributed by atoms with E-state index in [0.717, 1.165) is 109 Å². The smallest absolute Gasteiger partial charge is 0.306 e. The standard InChI is InChI=1S/C60H96O6/c1-4-7-10-13-16-19-22-25-27-29-31-32-35-38-41-44-47-50-53-59(62)65-56-57(55-64-58(61)52-49-46-43-40-37-34-24-21-18-15-12-9-6-3)66-60(63)54-51-48-45-42-39-36-33-30-28-26-23-20-17-14-11-8-5-2/h9,12,15-16,18-19,21-22,24-29,31-33,36,42,45,57H,4-8,10-11,13-14,17,20,23,30,34-35,37-41,43-44,46-56H2,1-3H3/b12-9+,18-15+,19-16+,24-21+,25-22+,28-26+,29-27+,32-31+,36-33+,45-42+. The summed E-state index contributed by atoms with van der Waals surface area (Å²) in [6.45, 7) is 6.36. The highest BCUT2D eigenvalue weighted by Crippen LogP contribution is 2.12. The molecular formula is C60H96O6. The van der Waals surface area contributed by atoms with Gasteiger partial charge in [0.25, 0.3) is 0 Å². The number of esters is 3. The zero-order chi connectivity index (χ0) is 47.9. The van der Waals surface area contributed by atoms with Crippen molar-refractivity contribution in [2.24, 2.45) is 0 Å². The van der Waals surface area contributed by atoms with Crippen LogP contribution in [0.3, 0.4) is 0 Å². The number of rotatable bonds is 46. The molecule has 0 spiro atoms. The molecule has 0 amide bonds. The molecule has 0 aromatic rings. The molecule has 6 nitrogen and oxygen atoms in total. The Balaban J connectivity index is 4.56. The first-order valence-corrected chi connectivity index (χ1v) is 26.6. The van der Waals surface area contributed by atoms with Crippen molar-refractivity contribution in [2.75, 3.05) is 13.2 Å². The molecule has 0 bridgehead atoms. The van der Waals surface area contributed by atoms with Crippen LogP contribution in [0, 0.1) is 0 Å². The number of ether oxygens (including phenoxy) is 3. The summed E-state index contributed by atoms with van der Waals surface area (Å²) in [6, 6.07) is 0. The van der Waals surface area contributed by atoms with Crippen LogP contribution in [0.5, 0.6) is 0 Å². The van der Waals surface area contributed by atoms with Gasteiger partial charge in [-0.25, -0.2) is 0 Å². The van der Waals surface area contributed by atoms with Gasteiger partial charge in [-0.05, 0) is 96.3 Å². The maximum absolute atomic E-state index is 12.8. The van der Waals surface area contributed by atoms with Crippen molar-refractivity contribution in [3.8, 4) is 0 Å². The molecule has 66 heavy (non-hydrogen) atoms. The van der Waals surface area contributed by atoms with E-state index in [-0.39, 0.29) is 37.5 Å². The van der Waals surface area contributed by atoms with Gasteiger partial charge in [0.15, 0.2) is 6.10 Å². The number of unbranched alkanes of at least 4 members (excludes halogenated alkanes) is 20. The van der Waals surface area contributed by atoms with Crippen molar-refractivity contribution in [1.29, 1.82) is 0 Å².